The van der Waals surface area contributed by atoms with E-state index in [1.807, 2.05) is 47.5 Å². The molecule has 0 spiro atoms. The number of ether oxygens (including phenoxy) is 1. The lowest BCUT2D eigenvalue weighted by molar-refractivity contribution is -0.149. The molecule has 3 amide bonds. The highest BCUT2D eigenvalue weighted by Gasteiger charge is 2.47. The molecular formula is C40H46N5O7PS. The summed E-state index contributed by atoms with van der Waals surface area (Å²) in [6.45, 7) is 6.31. The van der Waals surface area contributed by atoms with Gasteiger partial charge in [0.05, 0.1) is 17.1 Å². The quantitative estimate of drug-likeness (QED) is 0.126. The van der Waals surface area contributed by atoms with Gasteiger partial charge in [-0.05, 0) is 106 Å². The Bertz CT molecular complexity index is 2060. The van der Waals surface area contributed by atoms with Crippen molar-refractivity contribution in [3.8, 4) is 5.75 Å². The lowest BCUT2D eigenvalue weighted by Gasteiger charge is -2.42. The lowest BCUT2D eigenvalue weighted by atomic mass is 9.92. The zero-order valence-corrected chi connectivity index (χ0v) is 32.4. The molecule has 1 unspecified atom stereocenters. The van der Waals surface area contributed by atoms with Crippen LogP contribution in [0.2, 0.25) is 0 Å². The Morgan fingerprint density at radius 2 is 1.78 bits per heavy atom. The molecule has 0 bridgehead atoms. The molecule has 2 N–H and O–H groups in total. The third-order valence-electron chi connectivity index (χ3n) is 10.3. The number of carbonyl (C=O) groups excluding carboxylic acids is 4. The van der Waals surface area contributed by atoms with Crippen molar-refractivity contribution in [2.45, 2.75) is 95.2 Å². The number of hydrogen-bond acceptors (Lipinski definition) is 9. The van der Waals surface area contributed by atoms with Crippen LogP contribution in [0.25, 0.3) is 10.1 Å². The van der Waals surface area contributed by atoms with Gasteiger partial charge in [0.2, 0.25) is 11.8 Å². The van der Waals surface area contributed by atoms with Crippen LogP contribution in [0.5, 0.6) is 5.75 Å². The summed E-state index contributed by atoms with van der Waals surface area (Å²) in [5.74, 6) is -0.452. The minimum atomic E-state index is -3.68. The average Bonchev–Trinajstić information content (AvgIpc) is 3.71. The van der Waals surface area contributed by atoms with Gasteiger partial charge in [-0.2, -0.15) is 0 Å². The predicted octanol–water partition coefficient (Wildman–Crippen LogP) is 6.27. The Morgan fingerprint density at radius 3 is 2.52 bits per heavy atom. The van der Waals surface area contributed by atoms with Crippen molar-refractivity contribution in [3.63, 3.8) is 0 Å². The highest BCUT2D eigenvalue weighted by atomic mass is 32.1. The summed E-state index contributed by atoms with van der Waals surface area (Å²) in [6.07, 6.45) is 6.71. The van der Waals surface area contributed by atoms with Crippen LogP contribution in [-0.2, 0) is 29.8 Å². The first-order chi connectivity index (χ1) is 26.0. The molecule has 3 saturated heterocycles. The second kappa shape index (κ2) is 16.0. The fourth-order valence-corrected chi connectivity index (χ4v) is 10.6. The van der Waals surface area contributed by atoms with Gasteiger partial charge >= 0.3 is 13.5 Å². The highest BCUT2D eigenvalue weighted by Crippen LogP contribution is 2.47. The molecule has 3 aliphatic heterocycles. The summed E-state index contributed by atoms with van der Waals surface area (Å²) >= 11 is 1.31. The molecule has 0 aliphatic carbocycles. The van der Waals surface area contributed by atoms with Crippen LogP contribution in [0, 0.1) is 0 Å². The maximum absolute atomic E-state index is 14.3. The zero-order valence-electron chi connectivity index (χ0n) is 30.7. The molecule has 0 radical (unpaired) electrons. The highest BCUT2D eigenvalue weighted by molar-refractivity contribution is 7.56. The Morgan fingerprint density at radius 1 is 0.981 bits per heavy atom. The van der Waals surface area contributed by atoms with Gasteiger partial charge in [0.1, 0.15) is 23.9 Å². The number of nitrogens with zero attached hydrogens (tertiary/aromatic N) is 3. The van der Waals surface area contributed by atoms with Gasteiger partial charge in [-0.15, -0.1) is 11.3 Å². The minimum absolute atomic E-state index is 0.00771. The van der Waals surface area contributed by atoms with Crippen LogP contribution in [-0.4, -0.2) is 81.8 Å². The minimum Gasteiger partial charge on any atom is -0.462 e. The van der Waals surface area contributed by atoms with Crippen molar-refractivity contribution in [2.24, 2.45) is 0 Å². The largest absolute Gasteiger partial charge is 0.462 e. The van der Waals surface area contributed by atoms with Crippen molar-refractivity contribution >= 4 is 52.6 Å². The van der Waals surface area contributed by atoms with E-state index in [4.69, 9.17) is 9.26 Å². The molecule has 2 aromatic carbocycles. The Balaban J connectivity index is 1.02. The molecule has 5 atom stereocenters. The van der Waals surface area contributed by atoms with E-state index in [9.17, 15) is 23.7 Å². The number of benzene rings is 2. The molecule has 2 aromatic heterocycles. The van der Waals surface area contributed by atoms with E-state index in [2.05, 4.69) is 15.4 Å². The molecule has 284 valence electrons. The Kier molecular flexibility index (Phi) is 11.2. The SMILES string of the molecule is CC(C)OC(=O)[C@H](C)NP(=O)(Cc1ccc2sc(C(=O)N[C@H]3CCC[C@H]4CC[C@@H](C(=O)N5CC(c6cccnc6)C5)N4C3=O)cc2c1)Oc1ccccc1. The first kappa shape index (κ1) is 37.7. The molecule has 0 saturated carbocycles. The second-order valence-corrected chi connectivity index (χ2v) is 17.9. The zero-order chi connectivity index (χ0) is 38.0. The monoisotopic (exact) mass is 771 g/mol. The molecule has 4 aromatic rings. The molecule has 12 nitrogen and oxygen atoms in total. The van der Waals surface area contributed by atoms with Gasteiger partial charge in [-0.1, -0.05) is 30.3 Å². The summed E-state index contributed by atoms with van der Waals surface area (Å²) in [4.78, 5) is 62.3. The number of rotatable bonds is 12. The average molecular weight is 772 g/mol. The van der Waals surface area contributed by atoms with Crippen LogP contribution in [0.4, 0.5) is 0 Å². The predicted molar refractivity (Wildman–Crippen MR) is 206 cm³/mol. The van der Waals surface area contributed by atoms with Crippen molar-refractivity contribution in [2.75, 3.05) is 13.1 Å². The number of esters is 1. The third kappa shape index (κ3) is 8.38. The number of amides is 3. The van der Waals surface area contributed by atoms with Crippen LogP contribution in [0.15, 0.2) is 79.1 Å². The summed E-state index contributed by atoms with van der Waals surface area (Å²) in [6, 6.07) is 17.9. The molecule has 54 heavy (non-hydrogen) atoms. The van der Waals surface area contributed by atoms with Crippen molar-refractivity contribution in [1.82, 2.24) is 25.2 Å². The number of hydrogen-bond donors (Lipinski definition) is 2. The number of aromatic nitrogens is 1. The van der Waals surface area contributed by atoms with Gasteiger partial charge in [-0.3, -0.25) is 28.7 Å². The maximum Gasteiger partial charge on any atom is 0.323 e. The molecule has 14 heteroatoms. The van der Waals surface area contributed by atoms with Gasteiger partial charge in [0.25, 0.3) is 5.91 Å². The molecular weight excluding hydrogens is 726 g/mol. The van der Waals surface area contributed by atoms with Crippen LogP contribution >= 0.6 is 18.9 Å². The number of pyridine rings is 1. The van der Waals surface area contributed by atoms with Gasteiger partial charge in [0, 0.05) is 42.1 Å². The maximum atomic E-state index is 14.3. The standard InChI is InChI=1S/C40H46N5O7PS/c1-25(2)51-40(49)26(3)43-53(50,52-32-11-5-4-6-12-32)24-27-14-17-35-29(19-27)20-36(54-35)37(46)42-33-13-7-10-31-15-16-34(45(31)38(33)47)39(48)44-22-30(23-44)28-9-8-18-41-21-28/h4-6,8-9,11-12,14,17-21,25-26,30-31,33-34H,7,10,13,15-16,22-24H2,1-3H3,(H,42,46)(H,43,50)/t26-,31-,33-,34-,53?/m0/s1. The number of nitrogens with one attached hydrogen (secondary N) is 2. The summed E-state index contributed by atoms with van der Waals surface area (Å²) in [5.41, 5.74) is 1.80. The van der Waals surface area contributed by atoms with Crippen LogP contribution < -0.4 is 14.9 Å². The molecule has 7 rings (SSSR count). The van der Waals surface area contributed by atoms with E-state index in [1.165, 1.54) is 11.3 Å². The first-order valence-corrected chi connectivity index (χ1v) is 21.2. The fourth-order valence-electron chi connectivity index (χ4n) is 7.65. The Hall–Kier alpha value is -4.58. The van der Waals surface area contributed by atoms with Crippen LogP contribution in [0.3, 0.4) is 0 Å². The topological polar surface area (TPSA) is 147 Å². The van der Waals surface area contributed by atoms with E-state index in [0.717, 1.165) is 34.9 Å². The number of fused-ring (bicyclic) bond motifs is 2. The van der Waals surface area contributed by atoms with Crippen molar-refractivity contribution in [3.05, 3.63) is 95.1 Å². The van der Waals surface area contributed by atoms with E-state index in [1.54, 1.807) is 62.2 Å². The number of thiophene rings is 1. The lowest BCUT2D eigenvalue weighted by Crippen LogP contribution is -2.58. The molecule has 5 heterocycles. The molecule has 3 fully saturated rings. The first-order valence-electron chi connectivity index (χ1n) is 18.6. The fraction of sp³-hybridized carbons (Fsp3) is 0.425. The smallest absolute Gasteiger partial charge is 0.323 e. The number of likely N-dealkylation sites (tertiary alicyclic amines) is 1. The van der Waals surface area contributed by atoms with Gasteiger partial charge < -0.3 is 24.4 Å². The van der Waals surface area contributed by atoms with E-state index in [-0.39, 0.29) is 41.9 Å². The second-order valence-electron chi connectivity index (χ2n) is 14.7. The van der Waals surface area contributed by atoms with E-state index >= 15 is 0 Å². The Labute approximate surface area is 319 Å². The number of carbonyl (C=O) groups is 4. The van der Waals surface area contributed by atoms with Gasteiger partial charge in [0.15, 0.2) is 0 Å². The summed E-state index contributed by atoms with van der Waals surface area (Å²) < 4.78 is 26.5. The van der Waals surface area contributed by atoms with E-state index in [0.29, 0.717) is 42.1 Å². The number of para-hydroxylation sites is 1. The van der Waals surface area contributed by atoms with Crippen LogP contribution in [0.1, 0.15) is 79.6 Å². The summed E-state index contributed by atoms with van der Waals surface area (Å²) in [7, 11) is -3.68. The van der Waals surface area contributed by atoms with Gasteiger partial charge in [-0.25, -0.2) is 5.09 Å². The van der Waals surface area contributed by atoms with E-state index < -0.39 is 31.6 Å². The normalized spacial score (nSPS) is 21.9. The van der Waals surface area contributed by atoms with Crippen molar-refractivity contribution < 1.29 is 33.0 Å². The van der Waals surface area contributed by atoms with Crippen molar-refractivity contribution in [1.29, 1.82) is 0 Å². The molecule has 3 aliphatic rings. The summed E-state index contributed by atoms with van der Waals surface area (Å²) in [5, 5.41) is 6.68. The third-order valence-corrected chi connectivity index (χ3v) is 13.5.